The van der Waals surface area contributed by atoms with E-state index < -0.39 is 7.92 Å². The fourth-order valence-corrected chi connectivity index (χ4v) is 14.5. The molecule has 0 saturated heterocycles. The third-order valence-electron chi connectivity index (χ3n) is 9.42. The van der Waals surface area contributed by atoms with E-state index in [1.165, 1.54) is 85.7 Å². The monoisotopic (exact) mass is 550 g/mol. The Morgan fingerprint density at radius 1 is 0.615 bits per heavy atom. The molecule has 2 unspecified atom stereocenters. The van der Waals surface area contributed by atoms with Crippen molar-refractivity contribution in [3.8, 4) is 0 Å². The van der Waals surface area contributed by atoms with Crippen molar-refractivity contribution in [1.29, 1.82) is 0 Å². The van der Waals surface area contributed by atoms with Gasteiger partial charge in [0.05, 0.1) is 0 Å². The minimum absolute atomic E-state index is 0.0144. The molecule has 0 aliphatic heterocycles. The van der Waals surface area contributed by atoms with Crippen molar-refractivity contribution in [2.75, 3.05) is 0 Å². The summed E-state index contributed by atoms with van der Waals surface area (Å²) in [5, 5.41) is 4.39. The lowest BCUT2D eigenvalue weighted by molar-refractivity contribution is 0.479. The molecule has 3 aromatic carbocycles. The molecule has 3 aliphatic rings. The minimum Gasteiger partial charge on any atom is -0.0965 e. The summed E-state index contributed by atoms with van der Waals surface area (Å²) in [6.07, 6.45) is 22.2. The van der Waals surface area contributed by atoms with E-state index in [2.05, 4.69) is 110 Å². The van der Waals surface area contributed by atoms with Crippen molar-refractivity contribution in [2.24, 2.45) is 5.92 Å². The topological polar surface area (TPSA) is 0 Å². The van der Waals surface area contributed by atoms with Crippen LogP contribution in [0.15, 0.2) is 103 Å². The molecule has 0 bridgehead atoms. The highest BCUT2D eigenvalue weighted by atomic mass is 31.1. The molecule has 2 heteroatoms. The van der Waals surface area contributed by atoms with E-state index in [0.29, 0.717) is 5.92 Å². The van der Waals surface area contributed by atoms with Crippen LogP contribution < -0.4 is 15.9 Å². The van der Waals surface area contributed by atoms with Crippen molar-refractivity contribution in [3.05, 3.63) is 109 Å². The summed E-state index contributed by atoms with van der Waals surface area (Å²) < 4.78 is 0. The predicted octanol–water partition coefficient (Wildman–Crippen LogP) is 9.55. The van der Waals surface area contributed by atoms with E-state index in [-0.39, 0.29) is 7.92 Å². The van der Waals surface area contributed by atoms with E-state index in [4.69, 9.17) is 0 Å². The second-order valence-corrected chi connectivity index (χ2v) is 17.2. The summed E-state index contributed by atoms with van der Waals surface area (Å²) >= 11 is 0. The van der Waals surface area contributed by atoms with E-state index in [9.17, 15) is 0 Å². The number of allylic oxidation sites excluding steroid dienone is 4. The SMILES string of the molecule is CC(C1C=CC=C1c1ccccc1P(c1ccccc1)c1ccccc1)P(C1CCCCC1)C1CCCCC1. The molecule has 6 rings (SSSR count). The fourth-order valence-electron chi connectivity index (χ4n) is 7.58. The molecule has 39 heavy (non-hydrogen) atoms. The predicted molar refractivity (Wildman–Crippen MR) is 176 cm³/mol. The Morgan fingerprint density at radius 3 is 1.69 bits per heavy atom. The first-order chi connectivity index (χ1) is 19.3. The number of rotatable bonds is 8. The van der Waals surface area contributed by atoms with Crippen LogP contribution in [0.4, 0.5) is 0 Å². The average molecular weight is 551 g/mol. The fraction of sp³-hybridized carbons (Fsp3) is 0.405. The molecule has 2 fully saturated rings. The lowest BCUT2D eigenvalue weighted by atomic mass is 9.93. The maximum Gasteiger partial charge on any atom is 0.00923 e. The van der Waals surface area contributed by atoms with Crippen LogP contribution >= 0.6 is 15.8 Å². The summed E-state index contributed by atoms with van der Waals surface area (Å²) in [5.74, 6) is 0.546. The van der Waals surface area contributed by atoms with Gasteiger partial charge in [-0.3, -0.25) is 0 Å². The van der Waals surface area contributed by atoms with Gasteiger partial charge in [-0.25, -0.2) is 0 Å². The van der Waals surface area contributed by atoms with Crippen LogP contribution in [0.25, 0.3) is 5.57 Å². The third kappa shape index (κ3) is 6.04. The van der Waals surface area contributed by atoms with E-state index in [1.807, 2.05) is 0 Å². The van der Waals surface area contributed by atoms with Crippen LogP contribution in [0.3, 0.4) is 0 Å². The normalized spacial score (nSPS) is 21.4. The smallest absolute Gasteiger partial charge is 0.00923 e. The first kappa shape index (κ1) is 27.2. The molecule has 0 aromatic heterocycles. The zero-order valence-electron chi connectivity index (χ0n) is 23.6. The van der Waals surface area contributed by atoms with Crippen molar-refractivity contribution in [1.82, 2.24) is 0 Å². The van der Waals surface area contributed by atoms with Crippen molar-refractivity contribution in [2.45, 2.75) is 88.1 Å². The van der Waals surface area contributed by atoms with E-state index in [0.717, 1.165) is 17.0 Å². The summed E-state index contributed by atoms with van der Waals surface area (Å²) in [5.41, 5.74) is 5.80. The Labute approximate surface area is 239 Å². The Bertz CT molecular complexity index is 1190. The second kappa shape index (κ2) is 13.1. The number of hydrogen-bond acceptors (Lipinski definition) is 0. The summed E-state index contributed by atoms with van der Waals surface area (Å²) in [4.78, 5) is 0. The van der Waals surface area contributed by atoms with Crippen LogP contribution in [0, 0.1) is 5.92 Å². The van der Waals surface area contributed by atoms with Gasteiger partial charge in [0.1, 0.15) is 0 Å². The molecule has 0 nitrogen and oxygen atoms in total. The van der Waals surface area contributed by atoms with Gasteiger partial charge >= 0.3 is 0 Å². The number of hydrogen-bond donors (Lipinski definition) is 0. The van der Waals surface area contributed by atoms with Crippen LogP contribution in [0.5, 0.6) is 0 Å². The van der Waals surface area contributed by atoms with Gasteiger partial charge < -0.3 is 0 Å². The zero-order chi connectivity index (χ0) is 26.4. The summed E-state index contributed by atoms with van der Waals surface area (Å²) in [6, 6.07) is 31.9. The van der Waals surface area contributed by atoms with Gasteiger partial charge in [-0.1, -0.05) is 157 Å². The first-order valence-electron chi connectivity index (χ1n) is 15.5. The van der Waals surface area contributed by atoms with E-state index in [1.54, 1.807) is 5.57 Å². The Morgan fingerprint density at radius 2 is 1.13 bits per heavy atom. The molecule has 0 N–H and O–H groups in total. The molecule has 0 amide bonds. The van der Waals surface area contributed by atoms with Gasteiger partial charge in [0.25, 0.3) is 0 Å². The minimum atomic E-state index is -0.624. The molecule has 202 valence electrons. The molecule has 3 aliphatic carbocycles. The van der Waals surface area contributed by atoms with Crippen LogP contribution in [-0.4, -0.2) is 17.0 Å². The molecule has 0 spiro atoms. The lowest BCUT2D eigenvalue weighted by Gasteiger charge is -2.44. The molecule has 2 saturated carbocycles. The van der Waals surface area contributed by atoms with Crippen molar-refractivity contribution >= 4 is 37.3 Å². The highest BCUT2D eigenvalue weighted by Crippen LogP contribution is 2.62. The third-order valence-corrected chi connectivity index (χ3v) is 15.9. The quantitative estimate of drug-likeness (QED) is 0.245. The van der Waals surface area contributed by atoms with Gasteiger partial charge in [-0.05, 0) is 77.6 Å². The van der Waals surface area contributed by atoms with Crippen LogP contribution in [-0.2, 0) is 0 Å². The molecule has 0 heterocycles. The first-order valence-corrected chi connectivity index (χ1v) is 18.4. The molecular weight excluding hydrogens is 506 g/mol. The van der Waals surface area contributed by atoms with Gasteiger partial charge in [0, 0.05) is 5.92 Å². The summed E-state index contributed by atoms with van der Waals surface area (Å²) in [7, 11) is -0.610. The Balaban J connectivity index is 1.37. The number of benzene rings is 3. The standard InChI is InChI=1S/C37H44P2/c1-29(38(30-17-6-2-7-18-30)31-19-8-3-9-20-31)34-26-16-27-35(34)36-25-14-15-28-37(36)39(32-21-10-4-11-22-32)33-23-12-5-13-24-33/h4-5,10-16,21-31,34H,2-3,6-9,17-20H2,1H3. The second-order valence-electron chi connectivity index (χ2n) is 11.8. The zero-order valence-corrected chi connectivity index (χ0v) is 25.4. The van der Waals surface area contributed by atoms with E-state index >= 15 is 0 Å². The summed E-state index contributed by atoms with van der Waals surface area (Å²) in [6.45, 7) is 2.66. The molecule has 3 aromatic rings. The van der Waals surface area contributed by atoms with Crippen LogP contribution in [0.2, 0.25) is 0 Å². The van der Waals surface area contributed by atoms with Gasteiger partial charge in [0.2, 0.25) is 0 Å². The molecule has 0 radical (unpaired) electrons. The van der Waals surface area contributed by atoms with Crippen molar-refractivity contribution in [3.63, 3.8) is 0 Å². The highest BCUT2D eigenvalue weighted by Gasteiger charge is 2.39. The maximum absolute atomic E-state index is 2.66. The van der Waals surface area contributed by atoms with Gasteiger partial charge in [0.15, 0.2) is 0 Å². The lowest BCUT2D eigenvalue weighted by Crippen LogP contribution is -2.30. The Kier molecular flexibility index (Phi) is 9.14. The van der Waals surface area contributed by atoms with Gasteiger partial charge in [-0.2, -0.15) is 0 Å². The largest absolute Gasteiger partial charge is 0.0965 e. The van der Waals surface area contributed by atoms with Crippen molar-refractivity contribution < 1.29 is 0 Å². The van der Waals surface area contributed by atoms with Gasteiger partial charge in [-0.15, -0.1) is 0 Å². The average Bonchev–Trinajstić information content (AvgIpc) is 3.50. The molecular formula is C37H44P2. The maximum atomic E-state index is 2.66. The van der Waals surface area contributed by atoms with Crippen LogP contribution in [0.1, 0.15) is 76.7 Å². The molecule has 2 atom stereocenters. The Hall–Kier alpha value is -2.00. The highest BCUT2D eigenvalue weighted by molar-refractivity contribution is 7.80.